The van der Waals surface area contributed by atoms with Gasteiger partial charge in [0.15, 0.2) is 0 Å². The van der Waals surface area contributed by atoms with Crippen LogP contribution in [0.1, 0.15) is 5.69 Å². The van der Waals surface area contributed by atoms with Gasteiger partial charge in [-0.05, 0) is 19.2 Å². The fraction of sp³-hybridized carbons (Fsp3) is 0.286. The Bertz CT molecular complexity index is 275. The maximum atomic E-state index is 5.83. The number of nitrogens with zero attached hydrogens (tertiary/aromatic N) is 1. The van der Waals surface area contributed by atoms with E-state index in [2.05, 4.69) is 4.98 Å². The predicted octanol–water partition coefficient (Wildman–Crippen LogP) is 2.35. The van der Waals surface area contributed by atoms with Crippen LogP contribution >= 0.6 is 23.4 Å². The monoisotopic (exact) mass is 188 g/mol. The molecule has 0 aliphatic heterocycles. The molecule has 2 nitrogen and oxygen atoms in total. The number of nitrogens with two attached hydrogens (primary N) is 1. The molecule has 1 aromatic rings. The van der Waals surface area contributed by atoms with Gasteiger partial charge in [-0.25, -0.2) is 4.98 Å². The van der Waals surface area contributed by atoms with Crippen LogP contribution in [0.4, 0.5) is 5.82 Å². The zero-order chi connectivity index (χ0) is 8.43. The molecule has 0 saturated heterocycles. The highest BCUT2D eigenvalue weighted by Crippen LogP contribution is 2.25. The Hall–Kier alpha value is -0.410. The largest absolute Gasteiger partial charge is 0.383 e. The van der Waals surface area contributed by atoms with E-state index in [-0.39, 0.29) is 0 Å². The van der Waals surface area contributed by atoms with Crippen LogP contribution in [-0.4, -0.2) is 11.2 Å². The molecule has 11 heavy (non-hydrogen) atoms. The van der Waals surface area contributed by atoms with Gasteiger partial charge in [0.1, 0.15) is 5.82 Å². The van der Waals surface area contributed by atoms with Crippen molar-refractivity contribution in [3.8, 4) is 0 Å². The van der Waals surface area contributed by atoms with Crippen molar-refractivity contribution in [1.82, 2.24) is 4.98 Å². The standard InChI is InChI=1S/C7H9ClN2S/c1-4-5(8)3-6(11-2)7(9)10-4/h3H,1-2H3,(H2,9,10). The first-order chi connectivity index (χ1) is 5.15. The Morgan fingerprint density at radius 1 is 1.64 bits per heavy atom. The highest BCUT2D eigenvalue weighted by Gasteiger charge is 2.02. The lowest BCUT2D eigenvalue weighted by Gasteiger charge is -2.03. The Labute approximate surface area is 75.1 Å². The minimum Gasteiger partial charge on any atom is -0.383 e. The normalized spacial score (nSPS) is 10.1. The zero-order valence-electron chi connectivity index (χ0n) is 6.39. The molecule has 0 spiro atoms. The second-order valence-corrected chi connectivity index (χ2v) is 3.40. The molecule has 0 bridgehead atoms. The highest BCUT2D eigenvalue weighted by atomic mass is 35.5. The second kappa shape index (κ2) is 3.32. The van der Waals surface area contributed by atoms with Crippen molar-refractivity contribution in [2.45, 2.75) is 11.8 Å². The lowest BCUT2D eigenvalue weighted by Crippen LogP contribution is -1.95. The summed E-state index contributed by atoms with van der Waals surface area (Å²) in [5.74, 6) is 0.555. The number of pyridine rings is 1. The van der Waals surface area contributed by atoms with Crippen molar-refractivity contribution in [3.63, 3.8) is 0 Å². The number of rotatable bonds is 1. The van der Waals surface area contributed by atoms with Gasteiger partial charge in [0.2, 0.25) is 0 Å². The van der Waals surface area contributed by atoms with Crippen LogP contribution in [0.2, 0.25) is 5.02 Å². The first-order valence-corrected chi connectivity index (χ1v) is 4.72. The van der Waals surface area contributed by atoms with E-state index in [4.69, 9.17) is 17.3 Å². The predicted molar refractivity (Wildman–Crippen MR) is 50.2 cm³/mol. The van der Waals surface area contributed by atoms with Gasteiger partial charge in [-0.3, -0.25) is 0 Å². The molecule has 1 rings (SSSR count). The summed E-state index contributed by atoms with van der Waals surface area (Å²) in [5, 5.41) is 0.670. The summed E-state index contributed by atoms with van der Waals surface area (Å²) < 4.78 is 0. The Kier molecular flexibility index (Phi) is 2.62. The summed E-state index contributed by atoms with van der Waals surface area (Å²) in [4.78, 5) is 5.00. The highest BCUT2D eigenvalue weighted by molar-refractivity contribution is 7.98. The molecule has 0 radical (unpaired) electrons. The van der Waals surface area contributed by atoms with Crippen molar-refractivity contribution >= 4 is 29.2 Å². The SMILES string of the molecule is CSc1cc(Cl)c(C)nc1N. The van der Waals surface area contributed by atoms with E-state index in [0.29, 0.717) is 10.8 Å². The zero-order valence-corrected chi connectivity index (χ0v) is 7.96. The molecule has 2 N–H and O–H groups in total. The smallest absolute Gasteiger partial charge is 0.137 e. The molecule has 0 aliphatic rings. The summed E-state index contributed by atoms with van der Waals surface area (Å²) >= 11 is 7.38. The number of thioether (sulfide) groups is 1. The first kappa shape index (κ1) is 8.68. The lowest BCUT2D eigenvalue weighted by molar-refractivity contribution is 1.16. The minimum atomic E-state index is 0.555. The number of hydrogen-bond acceptors (Lipinski definition) is 3. The molecule has 0 aromatic carbocycles. The fourth-order valence-corrected chi connectivity index (χ4v) is 1.45. The number of anilines is 1. The number of halogens is 1. The van der Waals surface area contributed by atoms with Crippen LogP contribution in [-0.2, 0) is 0 Å². The summed E-state index contributed by atoms with van der Waals surface area (Å²) in [5.41, 5.74) is 6.39. The topological polar surface area (TPSA) is 38.9 Å². The van der Waals surface area contributed by atoms with Gasteiger partial charge in [0.25, 0.3) is 0 Å². The third-order valence-electron chi connectivity index (χ3n) is 1.36. The van der Waals surface area contributed by atoms with Crippen LogP contribution in [0.15, 0.2) is 11.0 Å². The summed E-state index contributed by atoms with van der Waals surface area (Å²) in [7, 11) is 0. The minimum absolute atomic E-state index is 0.555. The van der Waals surface area contributed by atoms with Gasteiger partial charge < -0.3 is 5.73 Å². The molecule has 0 unspecified atom stereocenters. The van der Waals surface area contributed by atoms with E-state index in [0.717, 1.165) is 10.6 Å². The van der Waals surface area contributed by atoms with E-state index in [1.54, 1.807) is 11.8 Å². The number of hydrogen-bond donors (Lipinski definition) is 1. The molecule has 0 atom stereocenters. The van der Waals surface area contributed by atoms with E-state index < -0.39 is 0 Å². The van der Waals surface area contributed by atoms with Crippen molar-refractivity contribution in [3.05, 3.63) is 16.8 Å². The van der Waals surface area contributed by atoms with Crippen LogP contribution in [0.3, 0.4) is 0 Å². The maximum Gasteiger partial charge on any atom is 0.137 e. The molecular weight excluding hydrogens is 180 g/mol. The molecule has 4 heteroatoms. The molecular formula is C7H9ClN2S. The number of aromatic nitrogens is 1. The maximum absolute atomic E-state index is 5.83. The second-order valence-electron chi connectivity index (χ2n) is 2.14. The fourth-order valence-electron chi connectivity index (χ4n) is 0.746. The van der Waals surface area contributed by atoms with Crippen LogP contribution < -0.4 is 5.73 Å². The Morgan fingerprint density at radius 2 is 2.27 bits per heavy atom. The molecule has 0 amide bonds. The summed E-state index contributed by atoms with van der Waals surface area (Å²) in [6.45, 7) is 1.84. The summed E-state index contributed by atoms with van der Waals surface area (Å²) in [6, 6.07) is 1.84. The first-order valence-electron chi connectivity index (χ1n) is 3.11. The summed E-state index contributed by atoms with van der Waals surface area (Å²) in [6.07, 6.45) is 1.94. The van der Waals surface area contributed by atoms with Gasteiger partial charge in [-0.2, -0.15) is 0 Å². The van der Waals surface area contributed by atoms with Crippen molar-refractivity contribution in [2.75, 3.05) is 12.0 Å². The average molecular weight is 189 g/mol. The van der Waals surface area contributed by atoms with Gasteiger partial charge >= 0.3 is 0 Å². The van der Waals surface area contributed by atoms with Gasteiger partial charge in [0, 0.05) is 0 Å². The van der Waals surface area contributed by atoms with E-state index >= 15 is 0 Å². The van der Waals surface area contributed by atoms with Crippen LogP contribution in [0.5, 0.6) is 0 Å². The van der Waals surface area contributed by atoms with Gasteiger partial charge in [-0.1, -0.05) is 11.6 Å². The van der Waals surface area contributed by atoms with Crippen LogP contribution in [0.25, 0.3) is 0 Å². The van der Waals surface area contributed by atoms with Crippen molar-refractivity contribution in [1.29, 1.82) is 0 Å². The molecule has 0 aliphatic carbocycles. The van der Waals surface area contributed by atoms with E-state index in [1.807, 2.05) is 19.2 Å². The van der Waals surface area contributed by atoms with Gasteiger partial charge in [-0.15, -0.1) is 11.8 Å². The van der Waals surface area contributed by atoms with Gasteiger partial charge in [0.05, 0.1) is 15.6 Å². The number of nitrogen functional groups attached to an aromatic ring is 1. The quantitative estimate of drug-likeness (QED) is 0.688. The van der Waals surface area contributed by atoms with Crippen LogP contribution in [0, 0.1) is 6.92 Å². The Balaban J connectivity index is 3.21. The Morgan fingerprint density at radius 3 is 2.82 bits per heavy atom. The molecule has 1 heterocycles. The molecule has 60 valence electrons. The van der Waals surface area contributed by atoms with E-state index in [9.17, 15) is 0 Å². The lowest BCUT2D eigenvalue weighted by atomic mass is 10.4. The third-order valence-corrected chi connectivity index (χ3v) is 2.51. The average Bonchev–Trinajstić information content (AvgIpc) is 1.97. The van der Waals surface area contributed by atoms with E-state index in [1.165, 1.54) is 0 Å². The number of aryl methyl sites for hydroxylation is 1. The third kappa shape index (κ3) is 1.79. The van der Waals surface area contributed by atoms with Crippen molar-refractivity contribution < 1.29 is 0 Å². The van der Waals surface area contributed by atoms with Crippen molar-refractivity contribution in [2.24, 2.45) is 0 Å². The molecule has 1 aromatic heterocycles. The molecule has 0 saturated carbocycles. The molecule has 0 fully saturated rings.